The lowest BCUT2D eigenvalue weighted by molar-refractivity contribution is -0.116. The molecule has 1 aromatic heterocycles. The summed E-state index contributed by atoms with van der Waals surface area (Å²) in [5, 5.41) is 7.80. The van der Waals surface area contributed by atoms with Gasteiger partial charge in [0.25, 0.3) is 5.56 Å². The Bertz CT molecular complexity index is 717. The van der Waals surface area contributed by atoms with Gasteiger partial charge in [-0.2, -0.15) is 4.68 Å². The number of amides is 1. The van der Waals surface area contributed by atoms with Crippen LogP contribution >= 0.6 is 11.8 Å². The van der Waals surface area contributed by atoms with Gasteiger partial charge in [-0.05, 0) is 26.0 Å². The van der Waals surface area contributed by atoms with Crippen molar-refractivity contribution in [3.63, 3.8) is 0 Å². The Morgan fingerprint density at radius 3 is 2.64 bits per heavy atom. The molecule has 0 bridgehead atoms. The molecule has 0 radical (unpaired) electrons. The highest BCUT2D eigenvalue weighted by Crippen LogP contribution is 2.17. The Kier molecular flexibility index (Phi) is 5.16. The molecule has 1 amide bonds. The number of aryl methyl sites for hydroxylation is 1. The summed E-state index contributed by atoms with van der Waals surface area (Å²) in [4.78, 5) is 25.7. The number of anilines is 1. The van der Waals surface area contributed by atoms with E-state index < -0.39 is 5.56 Å². The predicted molar refractivity (Wildman–Crippen MR) is 86.4 cm³/mol. The van der Waals surface area contributed by atoms with Crippen LogP contribution in [-0.2, 0) is 4.79 Å². The molecule has 0 fully saturated rings. The number of carbonyl (C=O) groups excluding carboxylic acids is 1. The van der Waals surface area contributed by atoms with Gasteiger partial charge in [-0.15, -0.1) is 10.2 Å². The highest BCUT2D eigenvalue weighted by molar-refractivity contribution is 7.99. The van der Waals surface area contributed by atoms with E-state index in [0.29, 0.717) is 6.54 Å². The van der Waals surface area contributed by atoms with E-state index in [2.05, 4.69) is 10.2 Å². The van der Waals surface area contributed by atoms with Gasteiger partial charge < -0.3 is 10.7 Å². The Morgan fingerprint density at radius 1 is 1.32 bits per heavy atom. The topological polar surface area (TPSA) is 94.1 Å². The second kappa shape index (κ2) is 7.08. The molecule has 0 aliphatic heterocycles. The molecule has 116 valence electrons. The number of nitrogens with zero attached hydrogens (tertiary/aromatic N) is 4. The largest absolute Gasteiger partial charge is 0.334 e. The number of benzene rings is 1. The van der Waals surface area contributed by atoms with Crippen molar-refractivity contribution in [3.8, 4) is 0 Å². The number of hydrogen-bond acceptors (Lipinski definition) is 6. The summed E-state index contributed by atoms with van der Waals surface area (Å²) >= 11 is 1.09. The molecule has 2 aromatic rings. The van der Waals surface area contributed by atoms with Gasteiger partial charge in [0.1, 0.15) is 5.69 Å². The first-order chi connectivity index (χ1) is 10.5. The molecule has 1 aromatic carbocycles. The smallest absolute Gasteiger partial charge is 0.294 e. The van der Waals surface area contributed by atoms with Crippen LogP contribution in [0.5, 0.6) is 0 Å². The maximum Gasteiger partial charge on any atom is 0.294 e. The number of nitrogens with two attached hydrogens (primary N) is 1. The first-order valence-electron chi connectivity index (χ1n) is 6.74. The molecule has 0 saturated heterocycles. The van der Waals surface area contributed by atoms with Crippen LogP contribution in [0.4, 0.5) is 5.69 Å². The Balaban J connectivity index is 2.09. The first-order valence-corrected chi connectivity index (χ1v) is 7.72. The molecule has 22 heavy (non-hydrogen) atoms. The van der Waals surface area contributed by atoms with Crippen molar-refractivity contribution in [1.82, 2.24) is 14.9 Å². The molecule has 0 spiro atoms. The molecule has 8 heteroatoms. The average molecular weight is 319 g/mol. The fourth-order valence-electron chi connectivity index (χ4n) is 1.88. The van der Waals surface area contributed by atoms with E-state index in [1.807, 2.05) is 37.3 Å². The van der Waals surface area contributed by atoms with Crippen LogP contribution in [0.3, 0.4) is 0 Å². The van der Waals surface area contributed by atoms with E-state index in [-0.39, 0.29) is 22.5 Å². The molecule has 0 atom stereocenters. The minimum atomic E-state index is -0.416. The standard InChI is InChI=1S/C14H17N5O2S/c1-3-18(11-7-5-4-6-8-11)12(20)9-22-14-17-16-10(2)13(21)19(14)15/h4-8H,3,9,15H2,1-2H3. The minimum absolute atomic E-state index is 0.0893. The van der Waals surface area contributed by atoms with Crippen molar-refractivity contribution in [2.24, 2.45) is 0 Å². The van der Waals surface area contributed by atoms with Gasteiger partial charge in [-0.25, -0.2) is 0 Å². The summed E-state index contributed by atoms with van der Waals surface area (Å²) in [6.45, 7) is 3.99. The van der Waals surface area contributed by atoms with Crippen LogP contribution in [0, 0.1) is 6.92 Å². The van der Waals surface area contributed by atoms with Crippen molar-refractivity contribution in [3.05, 3.63) is 46.4 Å². The molecule has 0 aliphatic rings. The summed E-state index contributed by atoms with van der Waals surface area (Å²) in [6, 6.07) is 9.39. The molecule has 0 saturated carbocycles. The first kappa shape index (κ1) is 16.0. The molecular weight excluding hydrogens is 302 g/mol. The maximum absolute atomic E-state index is 12.3. The Labute approximate surface area is 132 Å². The van der Waals surface area contributed by atoms with Gasteiger partial charge in [-0.3, -0.25) is 9.59 Å². The zero-order valence-corrected chi connectivity index (χ0v) is 13.2. The molecule has 2 N–H and O–H groups in total. The van der Waals surface area contributed by atoms with Crippen molar-refractivity contribution in [1.29, 1.82) is 0 Å². The van der Waals surface area contributed by atoms with Crippen molar-refractivity contribution in [2.45, 2.75) is 19.0 Å². The van der Waals surface area contributed by atoms with Crippen LogP contribution in [0.1, 0.15) is 12.6 Å². The van der Waals surface area contributed by atoms with Crippen LogP contribution in [0.25, 0.3) is 0 Å². The third-order valence-electron chi connectivity index (χ3n) is 3.03. The highest BCUT2D eigenvalue weighted by atomic mass is 32.2. The zero-order chi connectivity index (χ0) is 16.1. The van der Waals surface area contributed by atoms with Gasteiger partial charge in [-0.1, -0.05) is 30.0 Å². The number of para-hydroxylation sites is 1. The van der Waals surface area contributed by atoms with Crippen molar-refractivity contribution < 1.29 is 4.79 Å². The van der Waals surface area contributed by atoms with Gasteiger partial charge in [0.05, 0.1) is 5.75 Å². The van der Waals surface area contributed by atoms with Gasteiger partial charge in [0.2, 0.25) is 11.1 Å². The van der Waals surface area contributed by atoms with E-state index in [1.54, 1.807) is 4.90 Å². The number of hydrogen-bond donors (Lipinski definition) is 1. The maximum atomic E-state index is 12.3. The van der Waals surface area contributed by atoms with E-state index in [1.165, 1.54) is 6.92 Å². The second-order valence-corrected chi connectivity index (χ2v) is 5.45. The third-order valence-corrected chi connectivity index (χ3v) is 3.96. The highest BCUT2D eigenvalue weighted by Gasteiger charge is 2.16. The normalized spacial score (nSPS) is 10.5. The van der Waals surface area contributed by atoms with Gasteiger partial charge >= 0.3 is 0 Å². The lowest BCUT2D eigenvalue weighted by Gasteiger charge is -2.20. The quantitative estimate of drug-likeness (QED) is 0.647. The Hall–Kier alpha value is -2.35. The molecule has 2 rings (SSSR count). The van der Waals surface area contributed by atoms with Gasteiger partial charge in [0.15, 0.2) is 0 Å². The summed E-state index contributed by atoms with van der Waals surface area (Å²) in [5.41, 5.74) is 0.633. The predicted octanol–water partition coefficient (Wildman–Crippen LogP) is 0.806. The van der Waals surface area contributed by atoms with Crippen LogP contribution in [0.2, 0.25) is 0 Å². The minimum Gasteiger partial charge on any atom is -0.334 e. The number of nitrogen functional groups attached to an aromatic ring is 1. The number of thioether (sulfide) groups is 1. The summed E-state index contributed by atoms with van der Waals surface area (Å²) < 4.78 is 0.916. The lowest BCUT2D eigenvalue weighted by atomic mass is 10.3. The summed E-state index contributed by atoms with van der Waals surface area (Å²) in [5.74, 6) is 5.68. The Morgan fingerprint density at radius 2 is 2.00 bits per heavy atom. The summed E-state index contributed by atoms with van der Waals surface area (Å²) in [7, 11) is 0. The monoisotopic (exact) mass is 319 g/mol. The number of rotatable bonds is 5. The fraction of sp³-hybridized carbons (Fsp3) is 0.286. The van der Waals surface area contributed by atoms with E-state index in [0.717, 1.165) is 22.1 Å². The summed E-state index contributed by atoms with van der Waals surface area (Å²) in [6.07, 6.45) is 0. The van der Waals surface area contributed by atoms with Gasteiger partial charge in [0, 0.05) is 12.2 Å². The third kappa shape index (κ3) is 3.45. The van der Waals surface area contributed by atoms with E-state index in [4.69, 9.17) is 5.84 Å². The SMILES string of the molecule is CCN(C(=O)CSc1nnc(C)c(=O)n1N)c1ccccc1. The molecule has 7 nitrogen and oxygen atoms in total. The lowest BCUT2D eigenvalue weighted by Crippen LogP contribution is -2.34. The average Bonchev–Trinajstić information content (AvgIpc) is 2.54. The molecule has 1 heterocycles. The van der Waals surface area contributed by atoms with Crippen LogP contribution < -0.4 is 16.3 Å². The van der Waals surface area contributed by atoms with Crippen molar-refractivity contribution >= 4 is 23.4 Å². The molecule has 0 aliphatic carbocycles. The van der Waals surface area contributed by atoms with Crippen molar-refractivity contribution in [2.75, 3.05) is 23.0 Å². The molecular formula is C14H17N5O2S. The number of aromatic nitrogens is 3. The van der Waals surface area contributed by atoms with Crippen LogP contribution in [-0.4, -0.2) is 33.1 Å². The molecule has 0 unspecified atom stereocenters. The number of carbonyl (C=O) groups is 1. The van der Waals surface area contributed by atoms with E-state index in [9.17, 15) is 9.59 Å². The zero-order valence-electron chi connectivity index (χ0n) is 12.4. The van der Waals surface area contributed by atoms with Crippen LogP contribution in [0.15, 0.2) is 40.3 Å². The fourth-order valence-corrected chi connectivity index (χ4v) is 2.61. The second-order valence-electron chi connectivity index (χ2n) is 4.51. The van der Waals surface area contributed by atoms with E-state index >= 15 is 0 Å².